The Morgan fingerprint density at radius 1 is 0.765 bits per heavy atom. The van der Waals surface area contributed by atoms with Gasteiger partial charge < -0.3 is 16.0 Å². The molecule has 6 heteroatoms. The second kappa shape index (κ2) is 12.3. The molecule has 0 saturated heterocycles. The molecule has 34 heavy (non-hydrogen) atoms. The van der Waals surface area contributed by atoms with Crippen molar-refractivity contribution in [2.45, 2.75) is 39.3 Å². The van der Waals surface area contributed by atoms with Gasteiger partial charge in [-0.25, -0.2) is 0 Å². The summed E-state index contributed by atoms with van der Waals surface area (Å²) in [5, 5.41) is 8.79. The maximum Gasteiger partial charge on any atom is 0.251 e. The van der Waals surface area contributed by atoms with Gasteiger partial charge in [0.25, 0.3) is 5.91 Å². The van der Waals surface area contributed by atoms with E-state index in [1.165, 1.54) is 0 Å². The minimum Gasteiger partial charge on any atom is -0.352 e. The molecule has 0 saturated carbocycles. The summed E-state index contributed by atoms with van der Waals surface area (Å²) < 4.78 is 0. The molecule has 0 bridgehead atoms. The second-order valence-electron chi connectivity index (χ2n) is 8.63. The van der Waals surface area contributed by atoms with E-state index in [4.69, 9.17) is 0 Å². The van der Waals surface area contributed by atoms with Crippen LogP contribution in [0, 0.1) is 5.92 Å². The second-order valence-corrected chi connectivity index (χ2v) is 8.63. The highest BCUT2D eigenvalue weighted by Crippen LogP contribution is 2.18. The molecule has 1 atom stereocenters. The van der Waals surface area contributed by atoms with E-state index in [1.807, 2.05) is 74.5 Å². The van der Waals surface area contributed by atoms with Crippen molar-refractivity contribution in [2.24, 2.45) is 5.92 Å². The van der Waals surface area contributed by atoms with E-state index in [2.05, 4.69) is 16.0 Å². The van der Waals surface area contributed by atoms with Crippen molar-refractivity contribution in [3.05, 3.63) is 102 Å². The van der Waals surface area contributed by atoms with Crippen LogP contribution in [0.3, 0.4) is 0 Å². The first-order chi connectivity index (χ1) is 16.4. The molecule has 0 aliphatic rings. The van der Waals surface area contributed by atoms with Crippen molar-refractivity contribution in [1.82, 2.24) is 10.6 Å². The highest BCUT2D eigenvalue weighted by Gasteiger charge is 2.19. The largest absolute Gasteiger partial charge is 0.352 e. The average molecular weight is 458 g/mol. The van der Waals surface area contributed by atoms with Crippen molar-refractivity contribution in [3.63, 3.8) is 0 Å². The zero-order valence-electron chi connectivity index (χ0n) is 19.6. The maximum absolute atomic E-state index is 12.8. The number of benzene rings is 3. The van der Waals surface area contributed by atoms with Crippen LogP contribution in [-0.4, -0.2) is 17.7 Å². The molecule has 3 N–H and O–H groups in total. The van der Waals surface area contributed by atoms with Crippen LogP contribution in [0.1, 0.15) is 54.2 Å². The number of rotatable bonds is 10. The molecule has 0 spiro atoms. The standard InChI is InChI=1S/C28H31N3O3/c1-20(2)16-27(33)30-24-15-9-10-21(17-24)19-29-26(32)18-25(22-11-5-3-6-12-22)31-28(34)23-13-7-4-8-14-23/h3-15,17,20,25H,16,18-19H2,1-2H3,(H,29,32)(H,30,33)(H,31,34). The van der Waals surface area contributed by atoms with Gasteiger partial charge in [0.2, 0.25) is 11.8 Å². The number of anilines is 1. The van der Waals surface area contributed by atoms with Crippen molar-refractivity contribution >= 4 is 23.4 Å². The van der Waals surface area contributed by atoms with Crippen molar-refractivity contribution in [1.29, 1.82) is 0 Å². The zero-order chi connectivity index (χ0) is 24.3. The molecule has 0 fully saturated rings. The number of hydrogen-bond donors (Lipinski definition) is 3. The molecule has 3 aromatic carbocycles. The number of hydrogen-bond acceptors (Lipinski definition) is 3. The summed E-state index contributed by atoms with van der Waals surface area (Å²) in [5.74, 6) is -0.165. The molecule has 6 nitrogen and oxygen atoms in total. The van der Waals surface area contributed by atoms with Gasteiger partial charge in [-0.2, -0.15) is 0 Å². The summed E-state index contributed by atoms with van der Waals surface area (Å²) in [4.78, 5) is 37.5. The van der Waals surface area contributed by atoms with E-state index in [9.17, 15) is 14.4 Å². The quantitative estimate of drug-likeness (QED) is 0.407. The van der Waals surface area contributed by atoms with Crippen LogP contribution in [0.25, 0.3) is 0 Å². The third kappa shape index (κ3) is 7.89. The molecule has 0 radical (unpaired) electrons. The first kappa shape index (κ1) is 24.7. The summed E-state index contributed by atoms with van der Waals surface area (Å²) >= 11 is 0. The van der Waals surface area contributed by atoms with E-state index in [0.29, 0.717) is 24.2 Å². The van der Waals surface area contributed by atoms with E-state index < -0.39 is 6.04 Å². The SMILES string of the molecule is CC(C)CC(=O)Nc1cccc(CNC(=O)CC(NC(=O)c2ccccc2)c2ccccc2)c1. The lowest BCUT2D eigenvalue weighted by molar-refractivity contribution is -0.121. The van der Waals surface area contributed by atoms with Crippen LogP contribution >= 0.6 is 0 Å². The molecule has 3 amide bonds. The third-order valence-corrected chi connectivity index (χ3v) is 5.23. The number of nitrogens with one attached hydrogen (secondary N) is 3. The fourth-order valence-corrected chi connectivity index (χ4v) is 3.57. The van der Waals surface area contributed by atoms with Gasteiger partial charge in [-0.05, 0) is 41.3 Å². The molecule has 3 rings (SSSR count). The lowest BCUT2D eigenvalue weighted by Crippen LogP contribution is -2.33. The average Bonchev–Trinajstić information content (AvgIpc) is 2.83. The van der Waals surface area contributed by atoms with Crippen LogP contribution in [0.2, 0.25) is 0 Å². The minimum atomic E-state index is -0.462. The first-order valence-corrected chi connectivity index (χ1v) is 11.5. The Balaban J connectivity index is 1.61. The molecule has 1 unspecified atom stereocenters. The summed E-state index contributed by atoms with van der Waals surface area (Å²) in [7, 11) is 0. The predicted octanol–water partition coefficient (Wildman–Crippen LogP) is 4.85. The Kier molecular flexibility index (Phi) is 8.97. The predicted molar refractivity (Wildman–Crippen MR) is 134 cm³/mol. The molecular weight excluding hydrogens is 426 g/mol. The highest BCUT2D eigenvalue weighted by atomic mass is 16.2. The van der Waals surface area contributed by atoms with Crippen LogP contribution < -0.4 is 16.0 Å². The Hall–Kier alpha value is -3.93. The van der Waals surface area contributed by atoms with Gasteiger partial charge in [-0.3, -0.25) is 14.4 Å². The molecule has 176 valence electrons. The normalized spacial score (nSPS) is 11.5. The molecule has 0 heterocycles. The summed E-state index contributed by atoms with van der Waals surface area (Å²) in [6, 6.07) is 25.3. The van der Waals surface area contributed by atoms with Gasteiger partial charge in [0.15, 0.2) is 0 Å². The lowest BCUT2D eigenvalue weighted by Gasteiger charge is -2.19. The van der Waals surface area contributed by atoms with Crippen molar-refractivity contribution < 1.29 is 14.4 Å². The summed E-state index contributed by atoms with van der Waals surface area (Å²) in [6.07, 6.45) is 0.559. The fraction of sp³-hybridized carbons (Fsp3) is 0.250. The number of amides is 3. The number of carbonyl (C=O) groups is 3. The Morgan fingerprint density at radius 2 is 1.44 bits per heavy atom. The van der Waals surface area contributed by atoms with Crippen LogP contribution in [0.5, 0.6) is 0 Å². The maximum atomic E-state index is 12.8. The van der Waals surface area contributed by atoms with Gasteiger partial charge in [0.05, 0.1) is 12.5 Å². The Bertz CT molecular complexity index is 1100. The van der Waals surface area contributed by atoms with Crippen LogP contribution in [0.15, 0.2) is 84.9 Å². The van der Waals surface area contributed by atoms with Gasteiger partial charge in [0.1, 0.15) is 0 Å². The van der Waals surface area contributed by atoms with E-state index in [-0.39, 0.29) is 30.1 Å². The van der Waals surface area contributed by atoms with E-state index in [1.54, 1.807) is 24.3 Å². The molecule has 0 aliphatic carbocycles. The monoisotopic (exact) mass is 457 g/mol. The molecular formula is C28H31N3O3. The fourth-order valence-electron chi connectivity index (χ4n) is 3.57. The smallest absolute Gasteiger partial charge is 0.251 e. The van der Waals surface area contributed by atoms with Crippen molar-refractivity contribution in [3.8, 4) is 0 Å². The van der Waals surface area contributed by atoms with E-state index >= 15 is 0 Å². The van der Waals surface area contributed by atoms with Crippen LogP contribution in [0.4, 0.5) is 5.69 Å². The third-order valence-electron chi connectivity index (χ3n) is 5.23. The summed E-state index contributed by atoms with van der Waals surface area (Å²) in [6.45, 7) is 4.31. The number of carbonyl (C=O) groups excluding carboxylic acids is 3. The molecule has 0 aromatic heterocycles. The molecule has 3 aromatic rings. The van der Waals surface area contributed by atoms with Crippen LogP contribution in [-0.2, 0) is 16.1 Å². The van der Waals surface area contributed by atoms with Gasteiger partial charge in [0, 0.05) is 24.2 Å². The molecule has 0 aliphatic heterocycles. The topological polar surface area (TPSA) is 87.3 Å². The lowest BCUT2D eigenvalue weighted by atomic mass is 10.0. The Labute approximate surface area is 200 Å². The summed E-state index contributed by atoms with van der Waals surface area (Å²) in [5.41, 5.74) is 2.98. The zero-order valence-corrected chi connectivity index (χ0v) is 19.6. The minimum absolute atomic E-state index is 0.0314. The van der Waals surface area contributed by atoms with Crippen molar-refractivity contribution in [2.75, 3.05) is 5.32 Å². The van der Waals surface area contributed by atoms with E-state index in [0.717, 1.165) is 11.1 Å². The van der Waals surface area contributed by atoms with Gasteiger partial charge in [-0.1, -0.05) is 74.5 Å². The Morgan fingerprint density at radius 3 is 2.12 bits per heavy atom. The van der Waals surface area contributed by atoms with Gasteiger partial charge >= 0.3 is 0 Å². The first-order valence-electron chi connectivity index (χ1n) is 11.5. The van der Waals surface area contributed by atoms with Gasteiger partial charge in [-0.15, -0.1) is 0 Å². The highest BCUT2D eigenvalue weighted by molar-refractivity contribution is 5.94.